The van der Waals surface area contributed by atoms with Gasteiger partial charge < -0.3 is 20.1 Å². The Labute approximate surface area is 216 Å². The number of carbonyl (C=O) groups excluding carboxylic acids is 1. The van der Waals surface area contributed by atoms with Crippen molar-refractivity contribution in [1.29, 1.82) is 0 Å². The van der Waals surface area contributed by atoms with Crippen LogP contribution in [0.1, 0.15) is 39.2 Å². The lowest BCUT2D eigenvalue weighted by Crippen LogP contribution is -2.33. The predicted octanol–water partition coefficient (Wildman–Crippen LogP) is 3.75. The molecule has 3 rings (SSSR count). The van der Waals surface area contributed by atoms with Crippen LogP contribution in [0.4, 0.5) is 16.4 Å². The summed E-state index contributed by atoms with van der Waals surface area (Å²) in [6.07, 6.45) is 2.40. The smallest absolute Gasteiger partial charge is 0.407 e. The topological polar surface area (TPSA) is 158 Å². The number of para-hydroxylation sites is 1. The van der Waals surface area contributed by atoms with E-state index < -0.39 is 21.7 Å². The van der Waals surface area contributed by atoms with Crippen molar-refractivity contribution in [3.8, 4) is 17.1 Å². The van der Waals surface area contributed by atoms with Crippen LogP contribution in [0.25, 0.3) is 11.4 Å². The molecule has 2 aromatic carbocycles. The summed E-state index contributed by atoms with van der Waals surface area (Å²) in [4.78, 5) is 24.7. The third-order valence-corrected chi connectivity index (χ3v) is 5.48. The second kappa shape index (κ2) is 12.5. The molecule has 1 amide bonds. The summed E-state index contributed by atoms with van der Waals surface area (Å²) in [5.41, 5.74) is 1.33. The number of hydrogen-bond acceptors (Lipinski definition) is 9. The Morgan fingerprint density at radius 2 is 1.84 bits per heavy atom. The molecule has 198 valence electrons. The number of nitrogens with zero attached hydrogens (tertiary/aromatic N) is 3. The maximum atomic E-state index is 11.7. The SMILES string of the molecule is CC(C)(C)OC(=O)NCCCCOc1ccccc1-c1ncnc(Nc2cccc(CS(N)(=O)=O)c2)n1. The van der Waals surface area contributed by atoms with Crippen LogP contribution >= 0.6 is 0 Å². The minimum atomic E-state index is -3.65. The minimum absolute atomic E-state index is 0.271. The number of aromatic nitrogens is 3. The number of amides is 1. The van der Waals surface area contributed by atoms with Crippen molar-refractivity contribution in [3.63, 3.8) is 0 Å². The van der Waals surface area contributed by atoms with Gasteiger partial charge in [0.15, 0.2) is 5.82 Å². The molecule has 0 saturated heterocycles. The predicted molar refractivity (Wildman–Crippen MR) is 141 cm³/mol. The van der Waals surface area contributed by atoms with Crippen LogP contribution in [0.3, 0.4) is 0 Å². The fourth-order valence-electron chi connectivity index (χ4n) is 3.28. The molecule has 0 saturated carbocycles. The van der Waals surface area contributed by atoms with Gasteiger partial charge in [-0.05, 0) is 63.4 Å². The number of anilines is 2. The van der Waals surface area contributed by atoms with Crippen molar-refractivity contribution < 1.29 is 22.7 Å². The zero-order valence-electron chi connectivity index (χ0n) is 21.1. The van der Waals surface area contributed by atoms with Crippen molar-refractivity contribution in [2.45, 2.75) is 45.0 Å². The van der Waals surface area contributed by atoms with Crippen LogP contribution in [0.2, 0.25) is 0 Å². The lowest BCUT2D eigenvalue weighted by molar-refractivity contribution is 0.0526. The third-order valence-electron chi connectivity index (χ3n) is 4.75. The highest BCUT2D eigenvalue weighted by molar-refractivity contribution is 7.88. The molecular formula is C25H32N6O5S. The van der Waals surface area contributed by atoms with E-state index >= 15 is 0 Å². The number of rotatable bonds is 11. The summed E-state index contributed by atoms with van der Waals surface area (Å²) in [6.45, 7) is 6.39. The first-order valence-corrected chi connectivity index (χ1v) is 13.4. The van der Waals surface area contributed by atoms with Gasteiger partial charge in [0.1, 0.15) is 17.7 Å². The Morgan fingerprint density at radius 3 is 2.59 bits per heavy atom. The van der Waals surface area contributed by atoms with Crippen LogP contribution in [-0.4, -0.2) is 48.2 Å². The summed E-state index contributed by atoms with van der Waals surface area (Å²) in [7, 11) is -3.65. The number of ether oxygens (including phenoxy) is 2. The molecule has 0 aliphatic rings. The lowest BCUT2D eigenvalue weighted by atomic mass is 10.2. The summed E-state index contributed by atoms with van der Waals surface area (Å²) in [5.74, 6) is 1.06. The van der Waals surface area contributed by atoms with E-state index in [-0.39, 0.29) is 5.75 Å². The average Bonchev–Trinajstić information content (AvgIpc) is 2.80. The standard InChI is InChI=1S/C25H32N6O5S/c1-25(2,3)36-24(32)27-13-6-7-14-35-21-12-5-4-11-20(21)22-28-17-29-23(31-22)30-19-10-8-9-18(15-19)16-37(26,33)34/h4-5,8-12,15,17H,6-7,13-14,16H2,1-3H3,(H,27,32)(H2,26,33,34)(H,28,29,30,31). The molecule has 11 nitrogen and oxygen atoms in total. The number of nitrogens with two attached hydrogens (primary N) is 1. The fourth-order valence-corrected chi connectivity index (χ4v) is 3.92. The molecule has 0 aliphatic carbocycles. The van der Waals surface area contributed by atoms with Gasteiger partial charge in [-0.15, -0.1) is 0 Å². The van der Waals surface area contributed by atoms with Gasteiger partial charge in [-0.3, -0.25) is 0 Å². The first-order valence-electron chi connectivity index (χ1n) is 11.7. The van der Waals surface area contributed by atoms with Gasteiger partial charge in [0.05, 0.1) is 17.9 Å². The number of benzene rings is 2. The average molecular weight is 529 g/mol. The number of hydrogen-bond donors (Lipinski definition) is 3. The molecule has 0 bridgehead atoms. The van der Waals surface area contributed by atoms with Crippen molar-refractivity contribution in [1.82, 2.24) is 20.3 Å². The van der Waals surface area contributed by atoms with Crippen LogP contribution in [0, 0.1) is 0 Å². The summed E-state index contributed by atoms with van der Waals surface area (Å²) in [5, 5.41) is 10.9. The molecule has 0 aliphatic heterocycles. The number of primary sulfonamides is 1. The van der Waals surface area contributed by atoms with Gasteiger partial charge in [-0.25, -0.2) is 28.3 Å². The zero-order valence-corrected chi connectivity index (χ0v) is 21.9. The molecular weight excluding hydrogens is 496 g/mol. The van der Waals surface area contributed by atoms with Crippen molar-refractivity contribution in [2.24, 2.45) is 5.14 Å². The van der Waals surface area contributed by atoms with Crippen molar-refractivity contribution >= 4 is 27.8 Å². The molecule has 4 N–H and O–H groups in total. The zero-order chi connectivity index (χ0) is 26.9. The Balaban J connectivity index is 1.59. The van der Waals surface area contributed by atoms with E-state index in [1.807, 2.05) is 45.0 Å². The second-order valence-corrected chi connectivity index (χ2v) is 10.9. The monoisotopic (exact) mass is 528 g/mol. The number of unbranched alkanes of at least 4 members (excludes halogenated alkanes) is 1. The minimum Gasteiger partial charge on any atom is -0.493 e. The van der Waals surface area contributed by atoms with E-state index in [9.17, 15) is 13.2 Å². The number of carbonyl (C=O) groups is 1. The molecule has 37 heavy (non-hydrogen) atoms. The molecule has 0 fully saturated rings. The Bertz CT molecular complexity index is 1310. The van der Waals surface area contributed by atoms with Gasteiger partial charge in [0.25, 0.3) is 0 Å². The molecule has 1 aromatic heterocycles. The summed E-state index contributed by atoms with van der Waals surface area (Å²) >= 11 is 0. The van der Waals surface area contributed by atoms with Crippen molar-refractivity contribution in [3.05, 3.63) is 60.4 Å². The number of nitrogens with one attached hydrogen (secondary N) is 2. The molecule has 1 heterocycles. The first kappa shape index (κ1) is 27.8. The van der Waals surface area contributed by atoms with Crippen LogP contribution in [0.5, 0.6) is 5.75 Å². The van der Waals surface area contributed by atoms with E-state index in [1.165, 1.54) is 6.33 Å². The number of sulfonamides is 1. The van der Waals surface area contributed by atoms with E-state index in [4.69, 9.17) is 14.6 Å². The van der Waals surface area contributed by atoms with E-state index in [0.717, 1.165) is 12.8 Å². The Hall–Kier alpha value is -3.77. The van der Waals surface area contributed by atoms with Crippen molar-refractivity contribution in [2.75, 3.05) is 18.5 Å². The van der Waals surface area contributed by atoms with Crippen LogP contribution < -0.4 is 20.5 Å². The highest BCUT2D eigenvalue weighted by Crippen LogP contribution is 2.28. The maximum Gasteiger partial charge on any atom is 0.407 e. The molecule has 0 atom stereocenters. The molecule has 0 spiro atoms. The highest BCUT2D eigenvalue weighted by Gasteiger charge is 2.15. The van der Waals surface area contributed by atoms with Gasteiger partial charge >= 0.3 is 6.09 Å². The quantitative estimate of drug-likeness (QED) is 0.315. The Kier molecular flexibility index (Phi) is 9.36. The second-order valence-electron chi connectivity index (χ2n) is 9.25. The van der Waals surface area contributed by atoms with Crippen LogP contribution in [-0.2, 0) is 20.5 Å². The van der Waals surface area contributed by atoms with E-state index in [1.54, 1.807) is 24.3 Å². The van der Waals surface area contributed by atoms with Gasteiger partial charge in [-0.2, -0.15) is 4.98 Å². The summed E-state index contributed by atoms with van der Waals surface area (Å²) < 4.78 is 34.0. The number of alkyl carbamates (subject to hydrolysis) is 1. The van der Waals surface area contributed by atoms with E-state index in [2.05, 4.69) is 25.6 Å². The summed E-state index contributed by atoms with van der Waals surface area (Å²) in [6, 6.07) is 14.2. The lowest BCUT2D eigenvalue weighted by Gasteiger charge is -2.19. The van der Waals surface area contributed by atoms with Crippen LogP contribution in [0.15, 0.2) is 54.9 Å². The highest BCUT2D eigenvalue weighted by atomic mass is 32.2. The molecule has 0 radical (unpaired) electrons. The largest absolute Gasteiger partial charge is 0.493 e. The normalized spacial score (nSPS) is 11.6. The molecule has 12 heteroatoms. The molecule has 0 unspecified atom stereocenters. The van der Waals surface area contributed by atoms with E-state index in [0.29, 0.717) is 47.5 Å². The van der Waals surface area contributed by atoms with Gasteiger partial charge in [0.2, 0.25) is 16.0 Å². The Morgan fingerprint density at radius 1 is 1.05 bits per heavy atom. The third kappa shape index (κ3) is 10.0. The maximum absolute atomic E-state index is 11.7. The fraction of sp³-hybridized carbons (Fsp3) is 0.360. The molecule has 3 aromatic rings. The van der Waals surface area contributed by atoms with Gasteiger partial charge in [-0.1, -0.05) is 24.3 Å². The van der Waals surface area contributed by atoms with Gasteiger partial charge in [0, 0.05) is 12.2 Å². The first-order chi connectivity index (χ1) is 17.5.